The number of methoxy groups -OCH3 is 1. The van der Waals surface area contributed by atoms with Crippen LogP contribution in [0.2, 0.25) is 0 Å². The first kappa shape index (κ1) is 19.2. The molecule has 0 saturated heterocycles. The Morgan fingerprint density at radius 1 is 0.905 bits per heavy atom. The van der Waals surface area contributed by atoms with Gasteiger partial charge in [0.2, 0.25) is 0 Å². The third kappa shape index (κ3) is 8.19. The summed E-state index contributed by atoms with van der Waals surface area (Å²) < 4.78 is 5.06. The Hall–Kier alpha value is -1.76. The molecule has 1 heteroatoms. The maximum Gasteiger partial charge on any atom is 0.119 e. The van der Waals surface area contributed by atoms with Gasteiger partial charge in [-0.3, -0.25) is 0 Å². The highest BCUT2D eigenvalue weighted by molar-refractivity contribution is 5.28. The zero-order chi connectivity index (χ0) is 16.1. The van der Waals surface area contributed by atoms with E-state index >= 15 is 0 Å². The molecule has 21 heavy (non-hydrogen) atoms. The largest absolute Gasteiger partial charge is 0.497 e. The molecule has 0 atom stereocenters. The number of hydrogen-bond donors (Lipinski definition) is 0. The highest BCUT2D eigenvalue weighted by atomic mass is 16.5. The van der Waals surface area contributed by atoms with E-state index in [2.05, 4.69) is 57.2 Å². The fourth-order valence-corrected chi connectivity index (χ4v) is 1.73. The molecule has 0 saturated carbocycles. The third-order valence-electron chi connectivity index (χ3n) is 3.01. The van der Waals surface area contributed by atoms with Crippen molar-refractivity contribution in [1.29, 1.82) is 0 Å². The molecule has 2 aromatic rings. The standard InChI is InChI=1S/C9H12O.C9H12.C2H6/c1-3-8-5-4-6-9(7-8)10-2;1-8(2)9-6-4-3-5-7-9;1-2/h4-7H,3H2,1-2H3;3-8H,1-2H3;1-2H3. The van der Waals surface area contributed by atoms with Crippen LogP contribution in [-0.4, -0.2) is 7.11 Å². The Morgan fingerprint density at radius 3 is 1.95 bits per heavy atom. The summed E-state index contributed by atoms with van der Waals surface area (Å²) in [4.78, 5) is 0. The van der Waals surface area contributed by atoms with Gasteiger partial charge in [0.25, 0.3) is 0 Å². The SMILES string of the molecule is CC.CC(C)c1ccccc1.CCc1cccc(OC)c1. The molecule has 2 rings (SSSR count). The van der Waals surface area contributed by atoms with Gasteiger partial charge in [0, 0.05) is 0 Å². The third-order valence-corrected chi connectivity index (χ3v) is 3.01. The van der Waals surface area contributed by atoms with Crippen LogP contribution in [0.4, 0.5) is 0 Å². The Kier molecular flexibility index (Phi) is 11.0. The van der Waals surface area contributed by atoms with Crippen LogP contribution in [0.5, 0.6) is 5.75 Å². The Bertz CT molecular complexity index is 441. The van der Waals surface area contributed by atoms with Gasteiger partial charge in [-0.15, -0.1) is 0 Å². The normalized spacial score (nSPS) is 9.10. The molecule has 0 unspecified atom stereocenters. The highest BCUT2D eigenvalue weighted by Gasteiger charge is 1.93. The van der Waals surface area contributed by atoms with Crippen molar-refractivity contribution in [2.45, 2.75) is 47.0 Å². The van der Waals surface area contributed by atoms with Crippen LogP contribution < -0.4 is 4.74 Å². The van der Waals surface area contributed by atoms with Crippen molar-refractivity contribution in [3.63, 3.8) is 0 Å². The fraction of sp³-hybridized carbons (Fsp3) is 0.400. The van der Waals surface area contributed by atoms with E-state index in [1.54, 1.807) is 7.11 Å². The van der Waals surface area contributed by atoms with Gasteiger partial charge >= 0.3 is 0 Å². The minimum atomic E-state index is 0.659. The maximum atomic E-state index is 5.06. The lowest BCUT2D eigenvalue weighted by molar-refractivity contribution is 0.414. The summed E-state index contributed by atoms with van der Waals surface area (Å²) >= 11 is 0. The topological polar surface area (TPSA) is 9.23 Å². The molecule has 116 valence electrons. The molecular formula is C20H30O. The molecule has 0 bridgehead atoms. The average Bonchev–Trinajstić information content (AvgIpc) is 2.58. The number of aryl methyl sites for hydroxylation is 1. The molecule has 0 radical (unpaired) electrons. The van der Waals surface area contributed by atoms with Crippen molar-refractivity contribution in [2.75, 3.05) is 7.11 Å². The maximum absolute atomic E-state index is 5.06. The summed E-state index contributed by atoms with van der Waals surface area (Å²) in [6.07, 6.45) is 1.07. The molecule has 0 aliphatic heterocycles. The molecule has 0 aliphatic rings. The Balaban J connectivity index is 0.000000342. The molecular weight excluding hydrogens is 256 g/mol. The van der Waals surface area contributed by atoms with Gasteiger partial charge in [0.15, 0.2) is 0 Å². The smallest absolute Gasteiger partial charge is 0.119 e. The van der Waals surface area contributed by atoms with Crippen molar-refractivity contribution in [3.8, 4) is 5.75 Å². The van der Waals surface area contributed by atoms with Crippen molar-refractivity contribution >= 4 is 0 Å². The molecule has 0 aliphatic carbocycles. The zero-order valence-corrected chi connectivity index (χ0v) is 14.4. The van der Waals surface area contributed by atoms with Crippen molar-refractivity contribution in [2.24, 2.45) is 0 Å². The predicted molar refractivity (Wildman–Crippen MR) is 94.3 cm³/mol. The van der Waals surface area contributed by atoms with Gasteiger partial charge < -0.3 is 4.74 Å². The number of benzene rings is 2. The zero-order valence-electron chi connectivity index (χ0n) is 14.4. The van der Waals surface area contributed by atoms with E-state index in [0.717, 1.165) is 12.2 Å². The van der Waals surface area contributed by atoms with E-state index < -0.39 is 0 Å². The number of ether oxygens (including phenoxy) is 1. The van der Waals surface area contributed by atoms with Crippen LogP contribution in [0.1, 0.15) is 51.7 Å². The number of rotatable bonds is 3. The first-order chi connectivity index (χ1) is 10.2. The summed E-state index contributed by atoms with van der Waals surface area (Å²) in [6, 6.07) is 18.6. The van der Waals surface area contributed by atoms with E-state index in [4.69, 9.17) is 4.74 Å². The first-order valence-electron chi connectivity index (χ1n) is 7.85. The van der Waals surface area contributed by atoms with Crippen LogP contribution in [0, 0.1) is 0 Å². The molecule has 0 amide bonds. The summed E-state index contributed by atoms with van der Waals surface area (Å²) in [6.45, 7) is 10.5. The molecule has 0 N–H and O–H groups in total. The molecule has 0 fully saturated rings. The predicted octanol–water partition coefficient (Wildman–Crippen LogP) is 6.09. The quantitative estimate of drug-likeness (QED) is 0.663. The van der Waals surface area contributed by atoms with Crippen LogP contribution in [0.15, 0.2) is 54.6 Å². The summed E-state index contributed by atoms with van der Waals surface area (Å²) in [5.74, 6) is 1.60. The van der Waals surface area contributed by atoms with Crippen LogP contribution in [-0.2, 0) is 6.42 Å². The van der Waals surface area contributed by atoms with Crippen LogP contribution >= 0.6 is 0 Å². The van der Waals surface area contributed by atoms with Gasteiger partial charge in [0.1, 0.15) is 5.75 Å². The van der Waals surface area contributed by atoms with Crippen LogP contribution in [0.25, 0.3) is 0 Å². The monoisotopic (exact) mass is 286 g/mol. The van der Waals surface area contributed by atoms with Gasteiger partial charge in [-0.2, -0.15) is 0 Å². The first-order valence-corrected chi connectivity index (χ1v) is 7.85. The van der Waals surface area contributed by atoms with E-state index in [9.17, 15) is 0 Å². The second-order valence-electron chi connectivity index (χ2n) is 4.77. The van der Waals surface area contributed by atoms with Crippen molar-refractivity contribution in [3.05, 3.63) is 65.7 Å². The Morgan fingerprint density at radius 2 is 1.52 bits per heavy atom. The average molecular weight is 286 g/mol. The molecule has 2 aromatic carbocycles. The minimum Gasteiger partial charge on any atom is -0.497 e. The van der Waals surface area contributed by atoms with Gasteiger partial charge in [-0.1, -0.05) is 77.1 Å². The van der Waals surface area contributed by atoms with E-state index in [-0.39, 0.29) is 0 Å². The highest BCUT2D eigenvalue weighted by Crippen LogP contribution is 2.12. The minimum absolute atomic E-state index is 0.659. The molecule has 0 spiro atoms. The van der Waals surface area contributed by atoms with Gasteiger partial charge in [-0.25, -0.2) is 0 Å². The van der Waals surface area contributed by atoms with Gasteiger partial charge in [-0.05, 0) is 35.6 Å². The lowest BCUT2D eigenvalue weighted by atomic mass is 10.0. The second kappa shape index (κ2) is 12.0. The van der Waals surface area contributed by atoms with E-state index in [1.165, 1.54) is 11.1 Å². The molecule has 0 heterocycles. The lowest BCUT2D eigenvalue weighted by Gasteiger charge is -2.01. The Labute approximate surface area is 131 Å². The summed E-state index contributed by atoms with van der Waals surface area (Å²) in [5.41, 5.74) is 2.73. The van der Waals surface area contributed by atoms with E-state index in [1.807, 2.05) is 32.0 Å². The lowest BCUT2D eigenvalue weighted by Crippen LogP contribution is -1.84. The molecule has 1 nitrogen and oxygen atoms in total. The van der Waals surface area contributed by atoms with Crippen molar-refractivity contribution < 1.29 is 4.74 Å². The van der Waals surface area contributed by atoms with Gasteiger partial charge in [0.05, 0.1) is 7.11 Å². The molecule has 0 aromatic heterocycles. The summed E-state index contributed by atoms with van der Waals surface area (Å²) in [7, 11) is 1.69. The van der Waals surface area contributed by atoms with E-state index in [0.29, 0.717) is 5.92 Å². The van der Waals surface area contributed by atoms with Crippen LogP contribution in [0.3, 0.4) is 0 Å². The number of hydrogen-bond acceptors (Lipinski definition) is 1. The van der Waals surface area contributed by atoms with Crippen molar-refractivity contribution in [1.82, 2.24) is 0 Å². The fourth-order valence-electron chi connectivity index (χ4n) is 1.73. The summed E-state index contributed by atoms with van der Waals surface area (Å²) in [5, 5.41) is 0. The second-order valence-corrected chi connectivity index (χ2v) is 4.77.